The van der Waals surface area contributed by atoms with Gasteiger partial charge in [-0.05, 0) is 43.5 Å². The summed E-state index contributed by atoms with van der Waals surface area (Å²) in [6.45, 7) is 3.49. The molecule has 0 aromatic heterocycles. The zero-order valence-electron chi connectivity index (χ0n) is 10.4. The first-order valence-electron chi connectivity index (χ1n) is 6.13. The number of nitrogens with one attached hydrogen (secondary N) is 1. The molecular weight excluding hydrogens is 250 g/mol. The van der Waals surface area contributed by atoms with Crippen molar-refractivity contribution < 1.29 is 4.79 Å². The lowest BCUT2D eigenvalue weighted by Crippen LogP contribution is -2.35. The number of anilines is 1. The molecule has 0 saturated carbocycles. The third-order valence-electron chi connectivity index (χ3n) is 3.35. The number of urea groups is 1. The van der Waals surface area contributed by atoms with Crippen molar-refractivity contribution in [3.05, 3.63) is 29.3 Å². The molecule has 1 fully saturated rings. The minimum Gasteiger partial charge on any atom is -0.328 e. The molecule has 2 amide bonds. The Morgan fingerprint density at radius 3 is 2.72 bits per heavy atom. The maximum Gasteiger partial charge on any atom is 0.321 e. The monoisotopic (exact) mass is 267 g/mol. The van der Waals surface area contributed by atoms with Gasteiger partial charge >= 0.3 is 6.03 Å². The molecule has 2 atom stereocenters. The number of hydrogen-bond donors (Lipinski definition) is 2. The number of benzene rings is 1. The normalized spacial score (nSPS) is 20.8. The molecule has 1 aliphatic rings. The average Bonchev–Trinajstić information content (AvgIpc) is 2.81. The van der Waals surface area contributed by atoms with Gasteiger partial charge in [0.05, 0.1) is 0 Å². The van der Waals surface area contributed by atoms with Crippen molar-refractivity contribution in [2.75, 3.05) is 18.4 Å². The first-order valence-corrected chi connectivity index (χ1v) is 6.51. The van der Waals surface area contributed by atoms with Crippen LogP contribution < -0.4 is 11.1 Å². The van der Waals surface area contributed by atoms with E-state index in [4.69, 9.17) is 17.3 Å². The van der Waals surface area contributed by atoms with E-state index in [1.807, 2.05) is 11.8 Å². The second-order valence-corrected chi connectivity index (χ2v) is 5.23. The fourth-order valence-corrected chi connectivity index (χ4v) is 2.26. The van der Waals surface area contributed by atoms with E-state index in [1.165, 1.54) is 0 Å². The van der Waals surface area contributed by atoms with Crippen LogP contribution in [0.4, 0.5) is 10.5 Å². The summed E-state index contributed by atoms with van der Waals surface area (Å²) in [6, 6.07) is 7.16. The summed E-state index contributed by atoms with van der Waals surface area (Å²) in [5.41, 5.74) is 6.61. The first kappa shape index (κ1) is 13.2. The Bertz CT molecular complexity index is 419. The van der Waals surface area contributed by atoms with E-state index in [-0.39, 0.29) is 12.1 Å². The van der Waals surface area contributed by atoms with Crippen molar-refractivity contribution >= 4 is 23.3 Å². The quantitative estimate of drug-likeness (QED) is 0.865. The van der Waals surface area contributed by atoms with Crippen molar-refractivity contribution in [1.29, 1.82) is 0 Å². The van der Waals surface area contributed by atoms with Gasteiger partial charge in [0, 0.05) is 29.8 Å². The van der Waals surface area contributed by atoms with Crippen LogP contribution in [0.5, 0.6) is 0 Å². The predicted octanol–water partition coefficient (Wildman–Crippen LogP) is 2.54. The third kappa shape index (κ3) is 3.15. The third-order valence-corrected chi connectivity index (χ3v) is 3.60. The molecule has 0 spiro atoms. The van der Waals surface area contributed by atoms with Gasteiger partial charge < -0.3 is 16.0 Å². The Kier molecular flexibility index (Phi) is 4.09. The highest BCUT2D eigenvalue weighted by atomic mass is 35.5. The maximum atomic E-state index is 12.0. The molecule has 3 N–H and O–H groups in total. The summed E-state index contributed by atoms with van der Waals surface area (Å²) < 4.78 is 0. The molecule has 1 heterocycles. The van der Waals surface area contributed by atoms with E-state index in [9.17, 15) is 4.79 Å². The highest BCUT2D eigenvalue weighted by Gasteiger charge is 2.28. The van der Waals surface area contributed by atoms with Gasteiger partial charge in [0.15, 0.2) is 0 Å². The molecular formula is C13H18ClN3O. The second kappa shape index (κ2) is 5.59. The molecule has 18 heavy (non-hydrogen) atoms. The first-order chi connectivity index (χ1) is 8.56. The van der Waals surface area contributed by atoms with Crippen LogP contribution in [-0.4, -0.2) is 30.1 Å². The Morgan fingerprint density at radius 2 is 2.17 bits per heavy atom. The minimum absolute atomic E-state index is 0.0690. The molecule has 1 aromatic carbocycles. The van der Waals surface area contributed by atoms with Gasteiger partial charge in [-0.3, -0.25) is 0 Å². The smallest absolute Gasteiger partial charge is 0.321 e. The number of hydrogen-bond acceptors (Lipinski definition) is 2. The number of halogens is 1. The summed E-state index contributed by atoms with van der Waals surface area (Å²) in [5, 5.41) is 3.52. The van der Waals surface area contributed by atoms with Crippen molar-refractivity contribution in [1.82, 2.24) is 4.90 Å². The number of amides is 2. The zero-order valence-corrected chi connectivity index (χ0v) is 11.2. The van der Waals surface area contributed by atoms with Crippen LogP contribution in [0.15, 0.2) is 24.3 Å². The van der Waals surface area contributed by atoms with Gasteiger partial charge in [-0.25, -0.2) is 4.79 Å². The largest absolute Gasteiger partial charge is 0.328 e. The molecule has 0 radical (unpaired) electrons. The zero-order chi connectivity index (χ0) is 13.1. The van der Waals surface area contributed by atoms with Gasteiger partial charge in [0.2, 0.25) is 0 Å². The predicted molar refractivity (Wildman–Crippen MR) is 73.8 cm³/mol. The lowest BCUT2D eigenvalue weighted by Gasteiger charge is -2.18. The number of rotatable bonds is 2. The van der Waals surface area contributed by atoms with Crippen LogP contribution in [0.3, 0.4) is 0 Å². The summed E-state index contributed by atoms with van der Waals surface area (Å²) in [4.78, 5) is 13.8. The second-order valence-electron chi connectivity index (χ2n) is 4.79. The fourth-order valence-electron chi connectivity index (χ4n) is 2.14. The van der Waals surface area contributed by atoms with E-state index < -0.39 is 0 Å². The number of nitrogens with zero attached hydrogens (tertiary/aromatic N) is 1. The fraction of sp³-hybridized carbons (Fsp3) is 0.462. The van der Waals surface area contributed by atoms with Crippen LogP contribution in [0.25, 0.3) is 0 Å². The Hall–Kier alpha value is -1.26. The molecule has 2 rings (SSSR count). The van der Waals surface area contributed by atoms with Crippen LogP contribution in [0.1, 0.15) is 13.3 Å². The van der Waals surface area contributed by atoms with Gasteiger partial charge in [-0.1, -0.05) is 11.6 Å². The number of carbonyl (C=O) groups is 1. The molecule has 1 aliphatic heterocycles. The maximum absolute atomic E-state index is 12.0. The number of carbonyl (C=O) groups excluding carboxylic acids is 1. The van der Waals surface area contributed by atoms with E-state index >= 15 is 0 Å². The summed E-state index contributed by atoms with van der Waals surface area (Å²) in [6.07, 6.45) is 0.978. The lowest BCUT2D eigenvalue weighted by molar-refractivity contribution is 0.220. The van der Waals surface area contributed by atoms with Crippen LogP contribution in [0, 0.1) is 5.92 Å². The van der Waals surface area contributed by atoms with E-state index in [0.717, 1.165) is 25.2 Å². The lowest BCUT2D eigenvalue weighted by atomic mass is 10.0. The minimum atomic E-state index is -0.0690. The van der Waals surface area contributed by atoms with E-state index in [0.29, 0.717) is 10.9 Å². The number of likely N-dealkylation sites (tertiary alicyclic amines) is 1. The van der Waals surface area contributed by atoms with Crippen molar-refractivity contribution in [3.8, 4) is 0 Å². The summed E-state index contributed by atoms with van der Waals surface area (Å²) >= 11 is 5.79. The Balaban J connectivity index is 1.91. The highest BCUT2D eigenvalue weighted by molar-refractivity contribution is 6.30. The van der Waals surface area contributed by atoms with Gasteiger partial charge in [-0.2, -0.15) is 0 Å². The summed E-state index contributed by atoms with van der Waals surface area (Å²) in [5.74, 6) is 0.404. The number of nitrogens with two attached hydrogens (primary N) is 1. The average molecular weight is 268 g/mol. The highest BCUT2D eigenvalue weighted by Crippen LogP contribution is 2.20. The molecule has 0 aliphatic carbocycles. The van der Waals surface area contributed by atoms with Gasteiger partial charge in [0.25, 0.3) is 0 Å². The SMILES string of the molecule is CC(N)C1CCN(C(=O)Nc2ccc(Cl)cc2)C1. The van der Waals surface area contributed by atoms with Crippen LogP contribution in [0.2, 0.25) is 5.02 Å². The molecule has 5 heteroatoms. The molecule has 98 valence electrons. The van der Waals surface area contributed by atoms with E-state index in [2.05, 4.69) is 5.32 Å². The van der Waals surface area contributed by atoms with Crippen LogP contribution >= 0.6 is 11.6 Å². The van der Waals surface area contributed by atoms with Crippen molar-refractivity contribution in [2.45, 2.75) is 19.4 Å². The molecule has 4 nitrogen and oxygen atoms in total. The van der Waals surface area contributed by atoms with Gasteiger partial charge in [-0.15, -0.1) is 0 Å². The van der Waals surface area contributed by atoms with E-state index in [1.54, 1.807) is 24.3 Å². The molecule has 1 saturated heterocycles. The van der Waals surface area contributed by atoms with Crippen LogP contribution in [-0.2, 0) is 0 Å². The summed E-state index contributed by atoms with van der Waals surface area (Å²) in [7, 11) is 0. The standard InChI is InChI=1S/C13H18ClN3O/c1-9(15)10-6-7-17(8-10)13(18)16-12-4-2-11(14)3-5-12/h2-5,9-10H,6-8,15H2,1H3,(H,16,18). The Labute approximate surface area is 112 Å². The molecule has 1 aromatic rings. The Morgan fingerprint density at radius 1 is 1.50 bits per heavy atom. The van der Waals surface area contributed by atoms with Crippen molar-refractivity contribution in [2.24, 2.45) is 11.7 Å². The molecule has 2 unspecified atom stereocenters. The topological polar surface area (TPSA) is 58.4 Å². The van der Waals surface area contributed by atoms with Crippen molar-refractivity contribution in [3.63, 3.8) is 0 Å². The van der Waals surface area contributed by atoms with Gasteiger partial charge in [0.1, 0.15) is 0 Å². The molecule has 0 bridgehead atoms.